The zero-order chi connectivity index (χ0) is 19.4. The molecule has 2 N–H and O–H groups in total. The van der Waals surface area contributed by atoms with Gasteiger partial charge in [-0.2, -0.15) is 5.10 Å². The van der Waals surface area contributed by atoms with E-state index in [2.05, 4.69) is 10.4 Å². The van der Waals surface area contributed by atoms with E-state index >= 15 is 0 Å². The molecule has 140 valence electrons. The predicted octanol–water partition coefficient (Wildman–Crippen LogP) is 3.90. The number of hydrogen-bond acceptors (Lipinski definition) is 3. The number of carbonyl (C=O) groups excluding carboxylic acids is 1. The van der Waals surface area contributed by atoms with Crippen molar-refractivity contribution in [1.82, 2.24) is 15.1 Å². The van der Waals surface area contributed by atoms with E-state index in [0.29, 0.717) is 0 Å². The van der Waals surface area contributed by atoms with Crippen molar-refractivity contribution < 1.29 is 19.1 Å². The number of amides is 1. The van der Waals surface area contributed by atoms with Gasteiger partial charge >= 0.3 is 5.97 Å². The second-order valence-electron chi connectivity index (χ2n) is 6.00. The maximum Gasteiger partial charge on any atom is 0.330 e. The third-order valence-corrected chi connectivity index (χ3v) is 4.55. The molecule has 1 unspecified atom stereocenters. The molecule has 0 aliphatic heterocycles. The summed E-state index contributed by atoms with van der Waals surface area (Å²) < 4.78 is 15.4. The molecule has 1 amide bonds. The van der Waals surface area contributed by atoms with Gasteiger partial charge in [-0.05, 0) is 43.5 Å². The van der Waals surface area contributed by atoms with Gasteiger partial charge in [0.1, 0.15) is 11.5 Å². The van der Waals surface area contributed by atoms with Crippen LogP contribution in [0, 0.1) is 12.7 Å². The summed E-state index contributed by atoms with van der Waals surface area (Å²) in [6, 6.07) is 3.97. The van der Waals surface area contributed by atoms with Crippen LogP contribution < -0.4 is 5.32 Å². The summed E-state index contributed by atoms with van der Waals surface area (Å²) in [5.41, 5.74) is 1.02. The SMILES string of the molecule is CCC(CC)n1nc(C(=O)NC(C(=O)O)c2ccc(Cl)c(F)c2)cc1C. The Labute approximate surface area is 156 Å². The van der Waals surface area contributed by atoms with Crippen molar-refractivity contribution in [3.63, 3.8) is 0 Å². The first-order valence-electron chi connectivity index (χ1n) is 8.33. The average Bonchev–Trinajstić information content (AvgIpc) is 2.98. The fourth-order valence-electron chi connectivity index (χ4n) is 2.79. The molecule has 0 saturated heterocycles. The number of benzene rings is 1. The summed E-state index contributed by atoms with van der Waals surface area (Å²) in [6.45, 7) is 5.90. The van der Waals surface area contributed by atoms with E-state index in [1.54, 1.807) is 10.7 Å². The number of rotatable bonds is 7. The van der Waals surface area contributed by atoms with Crippen LogP contribution in [0.2, 0.25) is 5.02 Å². The topological polar surface area (TPSA) is 84.2 Å². The zero-order valence-corrected chi connectivity index (χ0v) is 15.5. The fraction of sp³-hybridized carbons (Fsp3) is 0.389. The molecule has 0 aliphatic carbocycles. The molecule has 2 aromatic rings. The number of carboxylic acids is 1. The first-order valence-corrected chi connectivity index (χ1v) is 8.71. The average molecular weight is 382 g/mol. The molecule has 0 aliphatic rings. The Kier molecular flexibility index (Phi) is 6.37. The summed E-state index contributed by atoms with van der Waals surface area (Å²) in [5, 5.41) is 16.0. The molecule has 0 radical (unpaired) electrons. The highest BCUT2D eigenvalue weighted by molar-refractivity contribution is 6.30. The Morgan fingerprint density at radius 2 is 1.96 bits per heavy atom. The fourth-order valence-corrected chi connectivity index (χ4v) is 2.91. The van der Waals surface area contributed by atoms with Crippen molar-refractivity contribution in [2.45, 2.75) is 45.7 Å². The summed E-state index contributed by atoms with van der Waals surface area (Å²) in [5.74, 6) is -2.70. The monoisotopic (exact) mass is 381 g/mol. The normalized spacial score (nSPS) is 12.2. The molecule has 0 bridgehead atoms. The van der Waals surface area contributed by atoms with Crippen LogP contribution in [-0.2, 0) is 4.79 Å². The Hall–Kier alpha value is -2.41. The maximum absolute atomic E-state index is 13.6. The molecule has 1 atom stereocenters. The Morgan fingerprint density at radius 1 is 1.31 bits per heavy atom. The minimum Gasteiger partial charge on any atom is -0.479 e. The van der Waals surface area contributed by atoms with Gasteiger partial charge in [-0.25, -0.2) is 9.18 Å². The molecule has 26 heavy (non-hydrogen) atoms. The number of aliphatic carboxylic acids is 1. The third-order valence-electron chi connectivity index (χ3n) is 4.24. The highest BCUT2D eigenvalue weighted by atomic mass is 35.5. The van der Waals surface area contributed by atoms with Crippen LogP contribution in [0.15, 0.2) is 24.3 Å². The van der Waals surface area contributed by atoms with E-state index < -0.39 is 23.7 Å². The van der Waals surface area contributed by atoms with Crippen molar-refractivity contribution in [2.24, 2.45) is 0 Å². The van der Waals surface area contributed by atoms with Crippen LogP contribution in [0.25, 0.3) is 0 Å². The highest BCUT2D eigenvalue weighted by Gasteiger charge is 2.25. The first kappa shape index (κ1) is 19.9. The van der Waals surface area contributed by atoms with E-state index in [1.807, 2.05) is 20.8 Å². The van der Waals surface area contributed by atoms with Gasteiger partial charge in [0.25, 0.3) is 5.91 Å². The summed E-state index contributed by atoms with van der Waals surface area (Å²) >= 11 is 5.62. The highest BCUT2D eigenvalue weighted by Crippen LogP contribution is 2.22. The van der Waals surface area contributed by atoms with Gasteiger partial charge in [0.15, 0.2) is 6.04 Å². The second kappa shape index (κ2) is 8.31. The number of carboxylic acid groups (broad SMARTS) is 1. The van der Waals surface area contributed by atoms with Gasteiger partial charge in [0, 0.05) is 5.69 Å². The van der Waals surface area contributed by atoms with Crippen molar-refractivity contribution in [1.29, 1.82) is 0 Å². The van der Waals surface area contributed by atoms with Gasteiger partial charge in [-0.3, -0.25) is 9.48 Å². The maximum atomic E-state index is 13.6. The van der Waals surface area contributed by atoms with Gasteiger partial charge in [0.05, 0.1) is 11.1 Å². The largest absolute Gasteiger partial charge is 0.479 e. The molecule has 1 aromatic heterocycles. The lowest BCUT2D eigenvalue weighted by atomic mass is 10.1. The number of aromatic nitrogens is 2. The Morgan fingerprint density at radius 3 is 2.50 bits per heavy atom. The number of nitrogens with one attached hydrogen (secondary N) is 1. The molecule has 1 heterocycles. The summed E-state index contributed by atoms with van der Waals surface area (Å²) in [6.07, 6.45) is 1.73. The number of aryl methyl sites for hydroxylation is 1. The van der Waals surface area contributed by atoms with Crippen LogP contribution in [0.1, 0.15) is 60.5 Å². The number of carbonyl (C=O) groups is 2. The quantitative estimate of drug-likeness (QED) is 0.761. The molecule has 1 aromatic carbocycles. The molecular formula is C18H21ClFN3O3. The van der Waals surface area contributed by atoms with Crippen LogP contribution in [0.5, 0.6) is 0 Å². The summed E-state index contributed by atoms with van der Waals surface area (Å²) in [4.78, 5) is 24.0. The second-order valence-corrected chi connectivity index (χ2v) is 6.41. The van der Waals surface area contributed by atoms with Crippen LogP contribution in [0.3, 0.4) is 0 Å². The lowest BCUT2D eigenvalue weighted by Gasteiger charge is -2.15. The van der Waals surface area contributed by atoms with Crippen LogP contribution in [0.4, 0.5) is 4.39 Å². The molecule has 0 spiro atoms. The van der Waals surface area contributed by atoms with Crippen molar-refractivity contribution in [3.05, 3.63) is 52.1 Å². The number of nitrogens with zero attached hydrogens (tertiary/aromatic N) is 2. The van der Waals surface area contributed by atoms with Gasteiger partial charge < -0.3 is 10.4 Å². The number of hydrogen-bond donors (Lipinski definition) is 2. The zero-order valence-electron chi connectivity index (χ0n) is 14.8. The standard InChI is InChI=1S/C18H21ClFN3O3/c1-4-12(5-2)23-10(3)8-15(22-23)17(24)21-16(18(25)26)11-6-7-13(19)14(20)9-11/h6-9,12,16H,4-5H2,1-3H3,(H,21,24)(H,25,26). The van der Waals surface area contributed by atoms with E-state index in [9.17, 15) is 19.1 Å². The third kappa shape index (κ3) is 4.22. The number of halogens is 2. The van der Waals surface area contributed by atoms with Gasteiger partial charge in [-0.1, -0.05) is 31.5 Å². The molecule has 2 rings (SSSR count). The van der Waals surface area contributed by atoms with E-state index in [1.165, 1.54) is 12.1 Å². The first-order chi connectivity index (χ1) is 12.3. The minimum atomic E-state index is -1.41. The minimum absolute atomic E-state index is 0.0869. The van der Waals surface area contributed by atoms with Crippen molar-refractivity contribution >= 4 is 23.5 Å². The molecular weight excluding hydrogens is 361 g/mol. The molecule has 8 heteroatoms. The van der Waals surface area contributed by atoms with Gasteiger partial charge in [-0.15, -0.1) is 0 Å². The Bertz CT molecular complexity index is 818. The molecule has 0 fully saturated rings. The van der Waals surface area contributed by atoms with E-state index in [-0.39, 0.29) is 22.3 Å². The lowest BCUT2D eigenvalue weighted by Crippen LogP contribution is -2.34. The summed E-state index contributed by atoms with van der Waals surface area (Å²) in [7, 11) is 0. The van der Waals surface area contributed by atoms with Crippen LogP contribution in [-0.4, -0.2) is 26.8 Å². The smallest absolute Gasteiger partial charge is 0.330 e. The van der Waals surface area contributed by atoms with Crippen molar-refractivity contribution in [2.75, 3.05) is 0 Å². The molecule has 6 nitrogen and oxygen atoms in total. The van der Waals surface area contributed by atoms with Gasteiger partial charge in [0.2, 0.25) is 0 Å². The van der Waals surface area contributed by atoms with Crippen molar-refractivity contribution in [3.8, 4) is 0 Å². The molecule has 0 saturated carbocycles. The predicted molar refractivity (Wildman–Crippen MR) is 95.8 cm³/mol. The Balaban J connectivity index is 2.27. The van der Waals surface area contributed by atoms with E-state index in [0.717, 1.165) is 24.6 Å². The lowest BCUT2D eigenvalue weighted by molar-refractivity contribution is -0.139. The van der Waals surface area contributed by atoms with E-state index in [4.69, 9.17) is 11.6 Å². The van der Waals surface area contributed by atoms with Crippen LogP contribution >= 0.6 is 11.6 Å².